The molecule has 7 heteroatoms. The molecule has 2 N–H and O–H groups in total. The molecule has 0 unspecified atom stereocenters. The average Bonchev–Trinajstić information content (AvgIpc) is 2.45. The van der Waals surface area contributed by atoms with E-state index >= 15 is 0 Å². The molecule has 0 fully saturated rings. The van der Waals surface area contributed by atoms with Gasteiger partial charge in [-0.2, -0.15) is 13.2 Å². The summed E-state index contributed by atoms with van der Waals surface area (Å²) < 4.78 is 53.0. The maximum atomic E-state index is 13.5. The van der Waals surface area contributed by atoms with Crippen LogP contribution < -0.4 is 10.6 Å². The first-order valence-electron chi connectivity index (χ1n) is 6.73. The van der Waals surface area contributed by atoms with Crippen molar-refractivity contribution in [1.82, 2.24) is 0 Å². The molecule has 0 heterocycles. The number of alkyl halides is 3. The van der Waals surface area contributed by atoms with E-state index in [1.54, 1.807) is 6.07 Å². The minimum atomic E-state index is -4.61. The molecule has 0 spiro atoms. The summed E-state index contributed by atoms with van der Waals surface area (Å²) in [6.07, 6.45) is -4.61. The van der Waals surface area contributed by atoms with Gasteiger partial charge in [-0.1, -0.05) is 18.2 Å². The van der Waals surface area contributed by atoms with Gasteiger partial charge in [-0.15, -0.1) is 0 Å². The van der Waals surface area contributed by atoms with Crippen molar-refractivity contribution in [3.63, 3.8) is 0 Å². The Morgan fingerprint density at radius 1 is 1.13 bits per heavy atom. The third-order valence-corrected chi connectivity index (χ3v) is 3.07. The van der Waals surface area contributed by atoms with Gasteiger partial charge in [-0.3, -0.25) is 4.79 Å². The molecule has 0 aromatic heterocycles. The van der Waals surface area contributed by atoms with Crippen LogP contribution in [-0.2, 0) is 17.5 Å². The quantitative estimate of drug-likeness (QED) is 0.817. The monoisotopic (exact) mass is 326 g/mol. The second-order valence-electron chi connectivity index (χ2n) is 4.88. The number of benzene rings is 2. The minimum Gasteiger partial charge on any atom is -0.380 e. The molecule has 0 aliphatic rings. The number of halogens is 4. The fraction of sp³-hybridized carbons (Fsp3) is 0.188. The van der Waals surface area contributed by atoms with Crippen LogP contribution in [0.15, 0.2) is 42.5 Å². The Morgan fingerprint density at radius 2 is 1.83 bits per heavy atom. The topological polar surface area (TPSA) is 41.1 Å². The predicted molar refractivity (Wildman–Crippen MR) is 79.5 cm³/mol. The van der Waals surface area contributed by atoms with Crippen LogP contribution in [-0.4, -0.2) is 5.91 Å². The highest BCUT2D eigenvalue weighted by molar-refractivity contribution is 5.89. The minimum absolute atomic E-state index is 0.0428. The molecule has 122 valence electrons. The third-order valence-electron chi connectivity index (χ3n) is 3.07. The van der Waals surface area contributed by atoms with Crippen LogP contribution in [0, 0.1) is 5.82 Å². The largest absolute Gasteiger partial charge is 0.418 e. The van der Waals surface area contributed by atoms with E-state index in [2.05, 4.69) is 10.6 Å². The molecule has 0 atom stereocenters. The molecule has 0 aliphatic carbocycles. The zero-order valence-corrected chi connectivity index (χ0v) is 12.2. The first-order valence-corrected chi connectivity index (χ1v) is 6.73. The van der Waals surface area contributed by atoms with E-state index in [0.717, 1.165) is 6.07 Å². The highest BCUT2D eigenvalue weighted by Gasteiger charge is 2.34. The second kappa shape index (κ2) is 6.68. The Labute approximate surface area is 130 Å². The first-order chi connectivity index (χ1) is 10.8. The second-order valence-corrected chi connectivity index (χ2v) is 4.88. The fourth-order valence-corrected chi connectivity index (χ4v) is 2.05. The van der Waals surface area contributed by atoms with Crippen molar-refractivity contribution in [2.75, 3.05) is 10.6 Å². The van der Waals surface area contributed by atoms with Gasteiger partial charge in [0.15, 0.2) is 0 Å². The van der Waals surface area contributed by atoms with Crippen molar-refractivity contribution in [2.45, 2.75) is 19.6 Å². The van der Waals surface area contributed by atoms with Crippen LogP contribution in [0.25, 0.3) is 0 Å². The third kappa shape index (κ3) is 4.45. The van der Waals surface area contributed by atoms with Crippen molar-refractivity contribution in [1.29, 1.82) is 0 Å². The van der Waals surface area contributed by atoms with Crippen LogP contribution in [0.1, 0.15) is 18.1 Å². The molecular formula is C16H14F4N2O. The van der Waals surface area contributed by atoms with Gasteiger partial charge in [-0.05, 0) is 24.3 Å². The van der Waals surface area contributed by atoms with Gasteiger partial charge < -0.3 is 10.6 Å². The van der Waals surface area contributed by atoms with E-state index in [0.29, 0.717) is 0 Å². The van der Waals surface area contributed by atoms with Gasteiger partial charge in [0.25, 0.3) is 0 Å². The Kier molecular flexibility index (Phi) is 4.88. The fourth-order valence-electron chi connectivity index (χ4n) is 2.05. The lowest BCUT2D eigenvalue weighted by atomic mass is 10.1. The Hall–Kier alpha value is -2.57. The Bertz CT molecular complexity index is 713. The number of amides is 1. The highest BCUT2D eigenvalue weighted by Crippen LogP contribution is 2.36. The van der Waals surface area contributed by atoms with E-state index in [9.17, 15) is 22.4 Å². The molecule has 3 nitrogen and oxygen atoms in total. The molecule has 2 aromatic carbocycles. The van der Waals surface area contributed by atoms with Gasteiger partial charge in [0.1, 0.15) is 5.82 Å². The summed E-state index contributed by atoms with van der Waals surface area (Å²) in [5.74, 6) is -0.964. The van der Waals surface area contributed by atoms with Crippen LogP contribution in [0.4, 0.5) is 28.9 Å². The summed E-state index contributed by atoms with van der Waals surface area (Å²) >= 11 is 0. The van der Waals surface area contributed by atoms with E-state index in [-0.39, 0.29) is 23.5 Å². The predicted octanol–water partition coefficient (Wildman–Crippen LogP) is 4.42. The average molecular weight is 326 g/mol. The maximum absolute atomic E-state index is 13.5. The number of hydrogen-bond acceptors (Lipinski definition) is 2. The number of rotatable bonds is 4. The van der Waals surface area contributed by atoms with Gasteiger partial charge in [-0.25, -0.2) is 4.39 Å². The molecule has 0 aliphatic heterocycles. The van der Waals surface area contributed by atoms with Crippen molar-refractivity contribution in [3.8, 4) is 0 Å². The molecule has 23 heavy (non-hydrogen) atoms. The standard InChI is InChI=1S/C16H14F4N2O/c1-10(23)22-12-6-7-15(13(8-12)16(18,19)20)21-9-11-4-2-3-5-14(11)17/h2-8,21H,9H2,1H3,(H,22,23). The highest BCUT2D eigenvalue weighted by atomic mass is 19.4. The molecule has 2 aromatic rings. The maximum Gasteiger partial charge on any atom is 0.418 e. The summed E-state index contributed by atoms with van der Waals surface area (Å²) in [4.78, 5) is 11.0. The molecule has 0 saturated carbocycles. The zero-order valence-electron chi connectivity index (χ0n) is 12.2. The van der Waals surface area contributed by atoms with Crippen LogP contribution >= 0.6 is 0 Å². The van der Waals surface area contributed by atoms with Crippen molar-refractivity contribution >= 4 is 17.3 Å². The zero-order chi connectivity index (χ0) is 17.0. The summed E-state index contributed by atoms with van der Waals surface area (Å²) in [6, 6.07) is 9.22. The summed E-state index contributed by atoms with van der Waals surface area (Å²) in [6.45, 7) is 1.12. The number of carbonyl (C=O) groups is 1. The van der Waals surface area contributed by atoms with E-state index in [4.69, 9.17) is 0 Å². The van der Waals surface area contributed by atoms with E-state index < -0.39 is 23.5 Å². The lowest BCUT2D eigenvalue weighted by Crippen LogP contribution is -2.13. The normalized spacial score (nSPS) is 11.2. The SMILES string of the molecule is CC(=O)Nc1ccc(NCc2ccccc2F)c(C(F)(F)F)c1. The van der Waals surface area contributed by atoms with Crippen LogP contribution in [0.3, 0.4) is 0 Å². The number of hydrogen-bond donors (Lipinski definition) is 2. The van der Waals surface area contributed by atoms with Gasteiger partial charge in [0.05, 0.1) is 5.56 Å². The Morgan fingerprint density at radius 3 is 2.43 bits per heavy atom. The van der Waals surface area contributed by atoms with E-state index in [1.165, 1.54) is 37.3 Å². The first kappa shape index (κ1) is 16.8. The smallest absolute Gasteiger partial charge is 0.380 e. The molecule has 0 saturated heterocycles. The molecule has 1 amide bonds. The summed E-state index contributed by atoms with van der Waals surface area (Å²) in [7, 11) is 0. The van der Waals surface area contributed by atoms with Crippen LogP contribution in [0.5, 0.6) is 0 Å². The number of carbonyl (C=O) groups excluding carboxylic acids is 1. The molecular weight excluding hydrogens is 312 g/mol. The van der Waals surface area contributed by atoms with Gasteiger partial charge >= 0.3 is 6.18 Å². The van der Waals surface area contributed by atoms with Crippen molar-refractivity contribution in [3.05, 3.63) is 59.4 Å². The molecule has 0 bridgehead atoms. The lowest BCUT2D eigenvalue weighted by molar-refractivity contribution is -0.137. The van der Waals surface area contributed by atoms with Gasteiger partial charge in [0, 0.05) is 30.4 Å². The van der Waals surface area contributed by atoms with E-state index in [1.807, 2.05) is 0 Å². The number of nitrogens with one attached hydrogen (secondary N) is 2. The van der Waals surface area contributed by atoms with Crippen LogP contribution in [0.2, 0.25) is 0 Å². The van der Waals surface area contributed by atoms with Crippen molar-refractivity contribution in [2.24, 2.45) is 0 Å². The van der Waals surface area contributed by atoms with Crippen molar-refractivity contribution < 1.29 is 22.4 Å². The Balaban J connectivity index is 2.27. The summed E-state index contributed by atoms with van der Waals surface area (Å²) in [5.41, 5.74) is -0.817. The number of anilines is 2. The molecule has 0 radical (unpaired) electrons. The van der Waals surface area contributed by atoms with Gasteiger partial charge in [0.2, 0.25) is 5.91 Å². The lowest BCUT2D eigenvalue weighted by Gasteiger charge is -2.16. The summed E-state index contributed by atoms with van der Waals surface area (Å²) in [5, 5.41) is 4.89. The molecule has 2 rings (SSSR count).